The van der Waals surface area contributed by atoms with Crippen molar-refractivity contribution in [2.75, 3.05) is 6.61 Å². The van der Waals surface area contributed by atoms with Gasteiger partial charge in [-0.1, -0.05) is 54.1 Å². The lowest BCUT2D eigenvalue weighted by Gasteiger charge is -2.20. The van der Waals surface area contributed by atoms with Crippen LogP contribution in [0, 0.1) is 0 Å². The van der Waals surface area contributed by atoms with Crippen LogP contribution in [0.1, 0.15) is 42.2 Å². The van der Waals surface area contributed by atoms with Crippen LogP contribution in [0.25, 0.3) is 0 Å². The van der Waals surface area contributed by atoms with Gasteiger partial charge >= 0.3 is 5.97 Å². The van der Waals surface area contributed by atoms with Gasteiger partial charge in [-0.2, -0.15) is 0 Å². The van der Waals surface area contributed by atoms with Gasteiger partial charge in [0.15, 0.2) is 0 Å². The van der Waals surface area contributed by atoms with Gasteiger partial charge in [-0.3, -0.25) is 9.59 Å². The van der Waals surface area contributed by atoms with Gasteiger partial charge in [0.2, 0.25) is 5.91 Å². The summed E-state index contributed by atoms with van der Waals surface area (Å²) < 4.78 is 4.89. The minimum atomic E-state index is -0.775. The fraction of sp³-hybridized carbons (Fsp3) is 0.286. The molecular formula is C21H23ClN2O4. The van der Waals surface area contributed by atoms with Gasteiger partial charge in [-0.25, -0.2) is 4.79 Å². The highest BCUT2D eigenvalue weighted by molar-refractivity contribution is 6.33. The summed E-state index contributed by atoms with van der Waals surface area (Å²) in [5, 5.41) is 5.77. The lowest BCUT2D eigenvalue weighted by atomic mass is 10.0. The highest BCUT2D eigenvalue weighted by Crippen LogP contribution is 2.20. The highest BCUT2D eigenvalue weighted by Gasteiger charge is 2.23. The van der Waals surface area contributed by atoms with Crippen LogP contribution in [0.3, 0.4) is 0 Å². The zero-order valence-electron chi connectivity index (χ0n) is 15.8. The van der Waals surface area contributed by atoms with Crippen molar-refractivity contribution in [1.29, 1.82) is 0 Å². The van der Waals surface area contributed by atoms with Crippen LogP contribution in [0.4, 0.5) is 0 Å². The number of carbonyl (C=O) groups is 3. The Labute approximate surface area is 169 Å². The van der Waals surface area contributed by atoms with Crippen molar-refractivity contribution in [2.24, 2.45) is 0 Å². The fourth-order valence-electron chi connectivity index (χ4n) is 2.63. The van der Waals surface area contributed by atoms with Gasteiger partial charge in [-0.05, 0) is 31.5 Å². The average Bonchev–Trinajstić information content (AvgIpc) is 2.68. The third-order valence-electron chi connectivity index (χ3n) is 4.03. The molecule has 148 valence electrons. The molecule has 2 aromatic carbocycles. The zero-order chi connectivity index (χ0) is 20.5. The summed E-state index contributed by atoms with van der Waals surface area (Å²) in [4.78, 5) is 36.8. The molecule has 0 saturated carbocycles. The molecule has 2 rings (SSSR count). The van der Waals surface area contributed by atoms with Crippen LogP contribution >= 0.6 is 11.6 Å². The number of ether oxygens (including phenoxy) is 1. The smallest absolute Gasteiger partial charge is 0.328 e. The quantitative estimate of drug-likeness (QED) is 0.664. The number of halogens is 1. The molecule has 0 radical (unpaired) electrons. The van der Waals surface area contributed by atoms with Crippen LogP contribution < -0.4 is 10.6 Å². The van der Waals surface area contributed by atoms with Crippen molar-refractivity contribution in [3.05, 3.63) is 70.7 Å². The molecule has 0 spiro atoms. The molecule has 0 aliphatic heterocycles. The summed E-state index contributed by atoms with van der Waals surface area (Å²) >= 11 is 6.10. The number of hydrogen-bond donors (Lipinski definition) is 2. The van der Waals surface area contributed by atoms with E-state index in [-0.39, 0.29) is 24.8 Å². The molecule has 2 atom stereocenters. The molecule has 2 N–H and O–H groups in total. The van der Waals surface area contributed by atoms with E-state index >= 15 is 0 Å². The van der Waals surface area contributed by atoms with Crippen molar-refractivity contribution in [2.45, 2.75) is 32.4 Å². The predicted octanol–water partition coefficient (Wildman–Crippen LogP) is 3.27. The van der Waals surface area contributed by atoms with Gasteiger partial charge in [0.25, 0.3) is 5.91 Å². The van der Waals surface area contributed by atoms with Crippen LogP contribution in [0.5, 0.6) is 0 Å². The lowest BCUT2D eigenvalue weighted by Crippen LogP contribution is -2.41. The second kappa shape index (κ2) is 10.5. The molecule has 6 nitrogen and oxygen atoms in total. The van der Waals surface area contributed by atoms with E-state index in [4.69, 9.17) is 16.3 Å². The second-order valence-corrected chi connectivity index (χ2v) is 6.57. The van der Waals surface area contributed by atoms with Crippen molar-refractivity contribution in [3.63, 3.8) is 0 Å². The number of nitrogens with one attached hydrogen (secondary N) is 2. The summed E-state index contributed by atoms with van der Waals surface area (Å²) in [6.07, 6.45) is -0.0377. The normalized spacial score (nSPS) is 12.5. The summed E-state index contributed by atoms with van der Waals surface area (Å²) in [5.41, 5.74) is 1.09. The first kappa shape index (κ1) is 21.4. The minimum Gasteiger partial charge on any atom is -0.464 e. The average molecular weight is 403 g/mol. The Hall–Kier alpha value is -2.86. The van der Waals surface area contributed by atoms with Crippen LogP contribution in [-0.4, -0.2) is 30.4 Å². The summed E-state index contributed by atoms with van der Waals surface area (Å²) in [7, 11) is 0. The number of amides is 2. The van der Waals surface area contributed by atoms with E-state index in [1.165, 1.54) is 0 Å². The molecule has 0 aromatic heterocycles. The molecule has 0 fully saturated rings. The third kappa shape index (κ3) is 6.09. The van der Waals surface area contributed by atoms with Gasteiger partial charge < -0.3 is 15.4 Å². The monoisotopic (exact) mass is 402 g/mol. The third-order valence-corrected chi connectivity index (χ3v) is 4.36. The molecule has 2 aromatic rings. The van der Waals surface area contributed by atoms with E-state index in [9.17, 15) is 14.4 Å². The largest absolute Gasteiger partial charge is 0.464 e. The predicted molar refractivity (Wildman–Crippen MR) is 107 cm³/mol. The Morgan fingerprint density at radius 2 is 1.64 bits per heavy atom. The first-order chi connectivity index (χ1) is 13.4. The van der Waals surface area contributed by atoms with Crippen molar-refractivity contribution in [1.82, 2.24) is 10.6 Å². The first-order valence-electron chi connectivity index (χ1n) is 8.98. The molecule has 2 unspecified atom stereocenters. The van der Waals surface area contributed by atoms with Gasteiger partial charge in [0.05, 0.1) is 29.7 Å². The zero-order valence-corrected chi connectivity index (χ0v) is 16.5. The lowest BCUT2D eigenvalue weighted by molar-refractivity contribution is -0.146. The second-order valence-electron chi connectivity index (χ2n) is 6.16. The van der Waals surface area contributed by atoms with Crippen LogP contribution in [0.15, 0.2) is 54.6 Å². The molecule has 0 aliphatic carbocycles. The number of esters is 1. The Bertz CT molecular complexity index is 826. The summed E-state index contributed by atoms with van der Waals surface area (Å²) in [5.74, 6) is -1.27. The Morgan fingerprint density at radius 1 is 1.00 bits per heavy atom. The minimum absolute atomic E-state index is 0.0377. The fourth-order valence-corrected chi connectivity index (χ4v) is 2.85. The SMILES string of the molecule is CCOC(=O)C(C)NC(=O)CC(NC(=O)c1ccccc1Cl)c1ccccc1. The van der Waals surface area contributed by atoms with E-state index < -0.39 is 18.1 Å². The van der Waals surface area contributed by atoms with Crippen molar-refractivity contribution < 1.29 is 19.1 Å². The first-order valence-corrected chi connectivity index (χ1v) is 9.36. The number of benzene rings is 2. The van der Waals surface area contributed by atoms with Crippen LogP contribution in [0.2, 0.25) is 5.02 Å². The molecule has 2 amide bonds. The van der Waals surface area contributed by atoms with Gasteiger partial charge in [-0.15, -0.1) is 0 Å². The summed E-state index contributed by atoms with van der Waals surface area (Å²) in [6.45, 7) is 3.48. The van der Waals surface area contributed by atoms with E-state index in [0.29, 0.717) is 10.6 Å². The van der Waals surface area contributed by atoms with Gasteiger partial charge in [0.1, 0.15) is 6.04 Å². The number of carbonyl (C=O) groups excluding carboxylic acids is 3. The van der Waals surface area contributed by atoms with E-state index in [1.807, 2.05) is 30.3 Å². The van der Waals surface area contributed by atoms with Crippen molar-refractivity contribution in [3.8, 4) is 0 Å². The number of hydrogen-bond acceptors (Lipinski definition) is 4. The van der Waals surface area contributed by atoms with E-state index in [1.54, 1.807) is 38.1 Å². The molecule has 0 bridgehead atoms. The van der Waals surface area contributed by atoms with Crippen molar-refractivity contribution >= 4 is 29.4 Å². The van der Waals surface area contributed by atoms with Crippen LogP contribution in [-0.2, 0) is 14.3 Å². The maximum absolute atomic E-state index is 12.6. The molecule has 28 heavy (non-hydrogen) atoms. The van der Waals surface area contributed by atoms with E-state index in [0.717, 1.165) is 5.56 Å². The molecule has 0 heterocycles. The topological polar surface area (TPSA) is 84.5 Å². The number of rotatable bonds is 8. The highest BCUT2D eigenvalue weighted by atomic mass is 35.5. The molecular weight excluding hydrogens is 380 g/mol. The Balaban J connectivity index is 2.12. The van der Waals surface area contributed by atoms with Gasteiger partial charge in [0, 0.05) is 0 Å². The standard InChI is InChI=1S/C21H23ClN2O4/c1-3-28-21(27)14(2)23-19(25)13-18(15-9-5-4-6-10-15)24-20(26)16-11-7-8-12-17(16)22/h4-12,14,18H,3,13H2,1-2H3,(H,23,25)(H,24,26). The Kier molecular flexibility index (Phi) is 8.02. The maximum Gasteiger partial charge on any atom is 0.328 e. The molecule has 0 aliphatic rings. The molecule has 7 heteroatoms. The molecule has 0 saturated heterocycles. The van der Waals surface area contributed by atoms with E-state index in [2.05, 4.69) is 10.6 Å². The maximum atomic E-state index is 12.6. The summed E-state index contributed by atoms with van der Waals surface area (Å²) in [6, 6.07) is 14.5. The Morgan fingerprint density at radius 3 is 2.29 bits per heavy atom.